The van der Waals surface area contributed by atoms with Gasteiger partial charge in [0.2, 0.25) is 5.78 Å². The summed E-state index contributed by atoms with van der Waals surface area (Å²) in [6, 6.07) is 1.67. The zero-order chi connectivity index (χ0) is 14.7. The van der Waals surface area contributed by atoms with Crippen LogP contribution in [-0.4, -0.2) is 48.2 Å². The number of carbonyl (C=O) groups is 1. The van der Waals surface area contributed by atoms with Crippen LogP contribution in [-0.2, 0) is 6.54 Å². The van der Waals surface area contributed by atoms with Crippen LogP contribution in [0.5, 0.6) is 5.75 Å². The Hall–Kier alpha value is -2.08. The third-order valence-corrected chi connectivity index (χ3v) is 3.10. The maximum absolute atomic E-state index is 12.6. The van der Waals surface area contributed by atoms with Gasteiger partial charge in [-0.2, -0.15) is 5.10 Å². The van der Waals surface area contributed by atoms with Gasteiger partial charge in [-0.05, 0) is 27.1 Å². The van der Waals surface area contributed by atoms with Crippen molar-refractivity contribution in [3.8, 4) is 5.75 Å². The number of likely N-dealkylation sites (N-methyl/N-ethyl adjacent to an activating group) is 1. The molecule has 0 unspecified atom stereocenters. The summed E-state index contributed by atoms with van der Waals surface area (Å²) in [7, 11) is 5.48. The molecule has 108 valence electrons. The zero-order valence-electron chi connectivity index (χ0n) is 12.2. The molecule has 0 aliphatic rings. The first-order valence-corrected chi connectivity index (χ1v) is 6.38. The van der Waals surface area contributed by atoms with Crippen LogP contribution in [0.1, 0.15) is 21.8 Å². The minimum Gasteiger partial charge on any atom is -0.493 e. The standard InChI is InChI=1S/C14H19N3O3/c1-10-11(5-8-20-10)14(18)13-12(19-4)9-15-17(13)7-6-16(2)3/h5,8-9H,6-7H2,1-4H3. The molecule has 0 bridgehead atoms. The lowest BCUT2D eigenvalue weighted by Gasteiger charge is -2.12. The van der Waals surface area contributed by atoms with Gasteiger partial charge in [0.1, 0.15) is 5.76 Å². The molecule has 20 heavy (non-hydrogen) atoms. The number of nitrogens with zero attached hydrogens (tertiary/aromatic N) is 3. The van der Waals surface area contributed by atoms with E-state index in [1.54, 1.807) is 23.9 Å². The molecule has 0 aromatic carbocycles. The quantitative estimate of drug-likeness (QED) is 0.750. The van der Waals surface area contributed by atoms with Gasteiger partial charge < -0.3 is 14.1 Å². The number of aromatic nitrogens is 2. The maximum atomic E-state index is 12.6. The lowest BCUT2D eigenvalue weighted by molar-refractivity contribution is 0.102. The van der Waals surface area contributed by atoms with Gasteiger partial charge >= 0.3 is 0 Å². The fraction of sp³-hybridized carbons (Fsp3) is 0.429. The SMILES string of the molecule is COc1cnn(CCN(C)C)c1C(=O)c1ccoc1C. The molecule has 0 atom stereocenters. The Morgan fingerprint density at radius 1 is 1.50 bits per heavy atom. The molecule has 0 N–H and O–H groups in total. The van der Waals surface area contributed by atoms with Crippen LogP contribution in [0.2, 0.25) is 0 Å². The first-order chi connectivity index (χ1) is 9.54. The zero-order valence-corrected chi connectivity index (χ0v) is 12.2. The van der Waals surface area contributed by atoms with Gasteiger partial charge in [-0.3, -0.25) is 9.48 Å². The van der Waals surface area contributed by atoms with Gasteiger partial charge in [-0.1, -0.05) is 0 Å². The van der Waals surface area contributed by atoms with E-state index in [9.17, 15) is 4.79 Å². The average Bonchev–Trinajstić information content (AvgIpc) is 3.01. The highest BCUT2D eigenvalue weighted by Crippen LogP contribution is 2.23. The molecule has 2 aromatic heterocycles. The van der Waals surface area contributed by atoms with Gasteiger partial charge in [0.05, 0.1) is 31.7 Å². The number of hydrogen-bond donors (Lipinski definition) is 0. The Morgan fingerprint density at radius 3 is 2.80 bits per heavy atom. The minimum atomic E-state index is -0.135. The molecule has 0 radical (unpaired) electrons. The van der Waals surface area contributed by atoms with E-state index < -0.39 is 0 Å². The van der Waals surface area contributed by atoms with E-state index in [0.29, 0.717) is 29.3 Å². The van der Waals surface area contributed by atoms with E-state index in [0.717, 1.165) is 6.54 Å². The number of rotatable bonds is 6. The molecule has 6 nitrogen and oxygen atoms in total. The highest BCUT2D eigenvalue weighted by molar-refractivity contribution is 6.10. The first kappa shape index (κ1) is 14.3. The molecular weight excluding hydrogens is 258 g/mol. The van der Waals surface area contributed by atoms with E-state index >= 15 is 0 Å². The van der Waals surface area contributed by atoms with E-state index in [4.69, 9.17) is 9.15 Å². The summed E-state index contributed by atoms with van der Waals surface area (Å²) in [5.41, 5.74) is 0.994. The van der Waals surface area contributed by atoms with Crippen LogP contribution in [0.4, 0.5) is 0 Å². The number of aryl methyl sites for hydroxylation is 1. The van der Waals surface area contributed by atoms with Crippen LogP contribution in [0.25, 0.3) is 0 Å². The van der Waals surface area contributed by atoms with Gasteiger partial charge in [0, 0.05) is 6.54 Å². The third-order valence-electron chi connectivity index (χ3n) is 3.10. The predicted molar refractivity (Wildman–Crippen MR) is 74.2 cm³/mol. The number of methoxy groups -OCH3 is 1. The fourth-order valence-corrected chi connectivity index (χ4v) is 1.96. The molecule has 0 aliphatic heterocycles. The number of furan rings is 1. The van der Waals surface area contributed by atoms with Crippen LogP contribution >= 0.6 is 0 Å². The van der Waals surface area contributed by atoms with Crippen molar-refractivity contribution in [2.75, 3.05) is 27.7 Å². The summed E-state index contributed by atoms with van der Waals surface area (Å²) < 4.78 is 12.1. The van der Waals surface area contributed by atoms with Crippen molar-refractivity contribution < 1.29 is 13.9 Å². The Balaban J connectivity index is 2.36. The molecule has 0 saturated heterocycles. The van der Waals surface area contributed by atoms with Crippen molar-refractivity contribution in [3.05, 3.63) is 35.5 Å². The van der Waals surface area contributed by atoms with Crippen LogP contribution in [0.3, 0.4) is 0 Å². The lowest BCUT2D eigenvalue weighted by Crippen LogP contribution is -2.22. The largest absolute Gasteiger partial charge is 0.493 e. The van der Waals surface area contributed by atoms with Crippen LogP contribution < -0.4 is 4.74 Å². The smallest absolute Gasteiger partial charge is 0.218 e. The third kappa shape index (κ3) is 2.75. The maximum Gasteiger partial charge on any atom is 0.218 e. The van der Waals surface area contributed by atoms with Gasteiger partial charge in [0.15, 0.2) is 11.4 Å². The van der Waals surface area contributed by atoms with Crippen molar-refractivity contribution in [3.63, 3.8) is 0 Å². The second kappa shape index (κ2) is 5.92. The van der Waals surface area contributed by atoms with Gasteiger partial charge in [-0.15, -0.1) is 0 Å². The summed E-state index contributed by atoms with van der Waals surface area (Å²) in [6.45, 7) is 3.17. The molecule has 2 rings (SSSR count). The van der Waals surface area contributed by atoms with Crippen molar-refractivity contribution in [2.45, 2.75) is 13.5 Å². The molecular formula is C14H19N3O3. The Kier molecular flexibility index (Phi) is 4.24. The molecule has 0 saturated carbocycles. The van der Waals surface area contributed by atoms with E-state index in [-0.39, 0.29) is 5.78 Å². The summed E-state index contributed by atoms with van der Waals surface area (Å²) in [4.78, 5) is 14.7. The second-order valence-electron chi connectivity index (χ2n) is 4.81. The number of ketones is 1. The summed E-state index contributed by atoms with van der Waals surface area (Å²) in [6.07, 6.45) is 3.08. The fourth-order valence-electron chi connectivity index (χ4n) is 1.96. The molecule has 6 heteroatoms. The Morgan fingerprint density at radius 2 is 2.25 bits per heavy atom. The van der Waals surface area contributed by atoms with Crippen LogP contribution in [0.15, 0.2) is 22.9 Å². The first-order valence-electron chi connectivity index (χ1n) is 6.38. The predicted octanol–water partition coefficient (Wildman–Crippen LogP) is 1.59. The normalized spacial score (nSPS) is 11.1. The summed E-state index contributed by atoms with van der Waals surface area (Å²) >= 11 is 0. The van der Waals surface area contributed by atoms with Gasteiger partial charge in [0.25, 0.3) is 0 Å². The summed E-state index contributed by atoms with van der Waals surface area (Å²) in [5, 5.41) is 4.23. The summed E-state index contributed by atoms with van der Waals surface area (Å²) in [5.74, 6) is 0.941. The minimum absolute atomic E-state index is 0.135. The molecule has 2 aromatic rings. The van der Waals surface area contributed by atoms with Gasteiger partial charge in [-0.25, -0.2) is 0 Å². The van der Waals surface area contributed by atoms with Crippen molar-refractivity contribution in [1.29, 1.82) is 0 Å². The highest BCUT2D eigenvalue weighted by Gasteiger charge is 2.23. The van der Waals surface area contributed by atoms with E-state index in [1.807, 2.05) is 19.0 Å². The number of hydrogen-bond acceptors (Lipinski definition) is 5. The molecule has 0 fully saturated rings. The number of ether oxygens (including phenoxy) is 1. The Bertz CT molecular complexity index is 599. The van der Waals surface area contributed by atoms with E-state index in [2.05, 4.69) is 5.10 Å². The monoisotopic (exact) mass is 277 g/mol. The number of carbonyl (C=O) groups excluding carboxylic acids is 1. The molecule has 2 heterocycles. The molecule has 0 spiro atoms. The Labute approximate surface area is 117 Å². The molecule has 0 amide bonds. The average molecular weight is 277 g/mol. The topological polar surface area (TPSA) is 60.5 Å². The lowest BCUT2D eigenvalue weighted by atomic mass is 10.1. The van der Waals surface area contributed by atoms with Crippen molar-refractivity contribution in [1.82, 2.24) is 14.7 Å². The van der Waals surface area contributed by atoms with E-state index in [1.165, 1.54) is 13.4 Å². The van der Waals surface area contributed by atoms with Crippen molar-refractivity contribution in [2.24, 2.45) is 0 Å². The van der Waals surface area contributed by atoms with Crippen LogP contribution in [0, 0.1) is 6.92 Å². The highest BCUT2D eigenvalue weighted by atomic mass is 16.5. The second-order valence-corrected chi connectivity index (χ2v) is 4.81. The molecule has 0 aliphatic carbocycles. The van der Waals surface area contributed by atoms with Crippen molar-refractivity contribution >= 4 is 5.78 Å².